The van der Waals surface area contributed by atoms with Crippen molar-refractivity contribution in [2.45, 2.75) is 64.2 Å². The van der Waals surface area contributed by atoms with Gasteiger partial charge in [-0.25, -0.2) is 4.98 Å². The van der Waals surface area contributed by atoms with Crippen LogP contribution in [0.15, 0.2) is 18.3 Å². The minimum atomic E-state index is -0.213. The molecule has 0 bridgehead atoms. The fraction of sp³-hybridized carbons (Fsp3) is 0.625. The minimum absolute atomic E-state index is 0.0793. The third kappa shape index (κ3) is 4.70. The van der Waals surface area contributed by atoms with Crippen LogP contribution in [-0.4, -0.2) is 34.2 Å². The lowest BCUT2D eigenvalue weighted by atomic mass is 9.93. The Bertz CT molecular complexity index is 470. The first kappa shape index (κ1) is 15.8. The van der Waals surface area contributed by atoms with Gasteiger partial charge in [-0.1, -0.05) is 6.92 Å². The molecule has 1 aromatic heterocycles. The van der Waals surface area contributed by atoms with Crippen LogP contribution in [-0.2, 0) is 0 Å². The van der Waals surface area contributed by atoms with Gasteiger partial charge in [-0.15, -0.1) is 0 Å². The highest BCUT2D eigenvalue weighted by molar-refractivity contribution is 5.94. The van der Waals surface area contributed by atoms with Crippen molar-refractivity contribution in [3.63, 3.8) is 0 Å². The maximum Gasteiger partial charge on any atom is 0.251 e. The Hall–Kier alpha value is -1.62. The average molecular weight is 292 g/mol. The molecule has 1 aromatic rings. The maximum atomic E-state index is 12.2. The van der Waals surface area contributed by atoms with Gasteiger partial charge in [0.25, 0.3) is 5.91 Å². The van der Waals surface area contributed by atoms with Crippen molar-refractivity contribution >= 4 is 5.91 Å². The molecule has 21 heavy (non-hydrogen) atoms. The number of ether oxygens (including phenoxy) is 1. The van der Waals surface area contributed by atoms with Crippen molar-refractivity contribution < 1.29 is 14.6 Å². The van der Waals surface area contributed by atoms with Gasteiger partial charge in [0, 0.05) is 23.9 Å². The number of aliphatic hydroxyl groups excluding tert-OH is 1. The summed E-state index contributed by atoms with van der Waals surface area (Å²) in [7, 11) is 0. The number of carbonyl (C=O) groups is 1. The van der Waals surface area contributed by atoms with Crippen LogP contribution in [0, 0.1) is 0 Å². The van der Waals surface area contributed by atoms with Gasteiger partial charge in [-0.05, 0) is 45.1 Å². The molecule has 0 aromatic carbocycles. The van der Waals surface area contributed by atoms with E-state index in [4.69, 9.17) is 4.74 Å². The van der Waals surface area contributed by atoms with Crippen molar-refractivity contribution in [2.24, 2.45) is 0 Å². The molecular weight excluding hydrogens is 268 g/mol. The summed E-state index contributed by atoms with van der Waals surface area (Å²) < 4.78 is 5.63. The van der Waals surface area contributed by atoms with Crippen LogP contribution in [0.3, 0.4) is 0 Å². The molecule has 1 amide bonds. The number of nitrogens with one attached hydrogen (secondary N) is 1. The molecule has 1 unspecified atom stereocenters. The first-order chi connectivity index (χ1) is 10.1. The molecule has 1 atom stereocenters. The van der Waals surface area contributed by atoms with Crippen LogP contribution in [0.4, 0.5) is 0 Å². The molecule has 0 saturated heterocycles. The molecular formula is C16H24N2O3. The monoisotopic (exact) mass is 292 g/mol. The van der Waals surface area contributed by atoms with E-state index in [9.17, 15) is 9.90 Å². The van der Waals surface area contributed by atoms with Gasteiger partial charge >= 0.3 is 0 Å². The second-order valence-electron chi connectivity index (χ2n) is 5.70. The van der Waals surface area contributed by atoms with Crippen molar-refractivity contribution in [2.75, 3.05) is 0 Å². The van der Waals surface area contributed by atoms with Gasteiger partial charge in [0.1, 0.15) is 0 Å². The lowest BCUT2D eigenvalue weighted by molar-refractivity contribution is 0.0866. The second kappa shape index (κ2) is 7.41. The summed E-state index contributed by atoms with van der Waals surface area (Å²) in [5, 5.41) is 12.5. The number of carbonyl (C=O) groups excluding carboxylic acids is 1. The van der Waals surface area contributed by atoms with Crippen LogP contribution in [0.1, 0.15) is 56.3 Å². The zero-order valence-electron chi connectivity index (χ0n) is 12.7. The molecule has 116 valence electrons. The molecule has 0 aliphatic heterocycles. The molecule has 1 aliphatic rings. The standard InChI is InChI=1S/C16H24N2O3/c1-3-11(2)21-15-10-12(8-9-17-15)16(20)18-13-4-6-14(19)7-5-13/h8-11,13-14,19H,3-7H2,1-2H3,(H,18,20). The molecule has 1 heterocycles. The summed E-state index contributed by atoms with van der Waals surface area (Å²) in [5.74, 6) is 0.379. The first-order valence-corrected chi connectivity index (χ1v) is 7.70. The Balaban J connectivity index is 1.94. The van der Waals surface area contributed by atoms with E-state index in [1.165, 1.54) is 0 Å². The lowest BCUT2D eigenvalue weighted by Crippen LogP contribution is -2.38. The SMILES string of the molecule is CCC(C)Oc1cc(C(=O)NC2CCC(O)CC2)ccn1. The molecule has 5 heteroatoms. The van der Waals surface area contributed by atoms with Gasteiger partial charge in [0.2, 0.25) is 5.88 Å². The number of hydrogen-bond acceptors (Lipinski definition) is 4. The Kier molecular flexibility index (Phi) is 5.56. The van der Waals surface area contributed by atoms with Crippen LogP contribution in [0.2, 0.25) is 0 Å². The number of amides is 1. The largest absolute Gasteiger partial charge is 0.475 e. The van der Waals surface area contributed by atoms with Gasteiger partial charge in [0.15, 0.2) is 0 Å². The zero-order valence-corrected chi connectivity index (χ0v) is 12.7. The second-order valence-corrected chi connectivity index (χ2v) is 5.70. The van der Waals surface area contributed by atoms with Gasteiger partial charge in [-0.2, -0.15) is 0 Å². The molecule has 2 N–H and O–H groups in total. The maximum absolute atomic E-state index is 12.2. The van der Waals surface area contributed by atoms with Crippen LogP contribution in [0.5, 0.6) is 5.88 Å². The number of aromatic nitrogens is 1. The van der Waals surface area contributed by atoms with Crippen LogP contribution in [0.25, 0.3) is 0 Å². The van der Waals surface area contributed by atoms with Crippen molar-refractivity contribution in [1.82, 2.24) is 10.3 Å². The van der Waals surface area contributed by atoms with Crippen molar-refractivity contribution in [3.8, 4) is 5.88 Å². The number of pyridine rings is 1. The van der Waals surface area contributed by atoms with E-state index in [-0.39, 0.29) is 24.2 Å². The molecule has 0 radical (unpaired) electrons. The highest BCUT2D eigenvalue weighted by atomic mass is 16.5. The average Bonchev–Trinajstić information content (AvgIpc) is 2.49. The topological polar surface area (TPSA) is 71.5 Å². The fourth-order valence-corrected chi connectivity index (χ4v) is 2.39. The third-order valence-corrected chi connectivity index (χ3v) is 3.93. The van der Waals surface area contributed by atoms with E-state index >= 15 is 0 Å². The van der Waals surface area contributed by atoms with E-state index in [1.807, 2.05) is 13.8 Å². The number of hydrogen-bond donors (Lipinski definition) is 2. The zero-order chi connectivity index (χ0) is 15.2. The smallest absolute Gasteiger partial charge is 0.251 e. The predicted octanol–water partition coefficient (Wildman–Crippen LogP) is 2.29. The van der Waals surface area contributed by atoms with E-state index < -0.39 is 0 Å². The number of aliphatic hydroxyl groups is 1. The third-order valence-electron chi connectivity index (χ3n) is 3.93. The van der Waals surface area contributed by atoms with Crippen LogP contribution < -0.4 is 10.1 Å². The Labute approximate surface area is 125 Å². The Morgan fingerprint density at radius 1 is 1.48 bits per heavy atom. The minimum Gasteiger partial charge on any atom is -0.475 e. The summed E-state index contributed by atoms with van der Waals surface area (Å²) in [5.41, 5.74) is 0.564. The lowest BCUT2D eigenvalue weighted by Gasteiger charge is -2.26. The summed E-state index contributed by atoms with van der Waals surface area (Å²) in [6.07, 6.45) is 5.51. The summed E-state index contributed by atoms with van der Waals surface area (Å²) in [6.45, 7) is 4.01. The number of rotatable bonds is 5. The van der Waals surface area contributed by atoms with E-state index in [1.54, 1.807) is 18.3 Å². The van der Waals surface area contributed by atoms with Gasteiger partial charge < -0.3 is 15.2 Å². The van der Waals surface area contributed by atoms with E-state index in [0.29, 0.717) is 11.4 Å². The van der Waals surface area contributed by atoms with Gasteiger partial charge in [-0.3, -0.25) is 4.79 Å². The molecule has 1 fully saturated rings. The predicted molar refractivity (Wildman–Crippen MR) is 80.3 cm³/mol. The molecule has 2 rings (SSSR count). The van der Waals surface area contributed by atoms with Crippen molar-refractivity contribution in [3.05, 3.63) is 23.9 Å². The Morgan fingerprint density at radius 3 is 2.86 bits per heavy atom. The summed E-state index contributed by atoms with van der Waals surface area (Å²) >= 11 is 0. The Morgan fingerprint density at radius 2 is 2.19 bits per heavy atom. The fourth-order valence-electron chi connectivity index (χ4n) is 2.39. The summed E-state index contributed by atoms with van der Waals surface area (Å²) in [6, 6.07) is 3.52. The normalized spacial score (nSPS) is 23.4. The highest BCUT2D eigenvalue weighted by Crippen LogP contribution is 2.19. The van der Waals surface area contributed by atoms with E-state index in [0.717, 1.165) is 32.1 Å². The molecule has 0 spiro atoms. The van der Waals surface area contributed by atoms with Gasteiger partial charge in [0.05, 0.1) is 12.2 Å². The highest BCUT2D eigenvalue weighted by Gasteiger charge is 2.21. The molecule has 1 saturated carbocycles. The van der Waals surface area contributed by atoms with Crippen LogP contribution >= 0.6 is 0 Å². The first-order valence-electron chi connectivity index (χ1n) is 7.70. The molecule has 1 aliphatic carbocycles. The summed E-state index contributed by atoms with van der Waals surface area (Å²) in [4.78, 5) is 16.4. The van der Waals surface area contributed by atoms with Crippen molar-refractivity contribution in [1.29, 1.82) is 0 Å². The molecule has 5 nitrogen and oxygen atoms in total. The quantitative estimate of drug-likeness (QED) is 0.873. The van der Waals surface area contributed by atoms with E-state index in [2.05, 4.69) is 10.3 Å². The number of nitrogens with zero attached hydrogens (tertiary/aromatic N) is 1.